The highest BCUT2D eigenvalue weighted by Crippen LogP contribution is 2.20. The largest absolute Gasteiger partial charge is 0.303 e. The summed E-state index contributed by atoms with van der Waals surface area (Å²) in [6, 6.07) is 0. The number of aromatic nitrogens is 2. The van der Waals surface area contributed by atoms with Crippen molar-refractivity contribution >= 4 is 5.78 Å². The summed E-state index contributed by atoms with van der Waals surface area (Å²) in [5, 5.41) is 4.49. The maximum absolute atomic E-state index is 11.3. The summed E-state index contributed by atoms with van der Waals surface area (Å²) in [6.07, 6.45) is 9.16. The first kappa shape index (κ1) is 17.2. The Labute approximate surface area is 134 Å². The molecule has 0 saturated carbocycles. The standard InChI is InChI=1S/C18H31N3O/c1-4-18(22)6-5-9-20-10-7-16(8-11-20)13-21-14-17(12-19-21)15(2)3/h12,14-16H,4-11,13H2,1-3H3. The average molecular weight is 305 g/mol. The van der Waals surface area contributed by atoms with Crippen molar-refractivity contribution in [3.63, 3.8) is 0 Å². The van der Waals surface area contributed by atoms with Gasteiger partial charge in [0.1, 0.15) is 5.78 Å². The van der Waals surface area contributed by atoms with Crippen LogP contribution in [0.5, 0.6) is 0 Å². The molecule has 22 heavy (non-hydrogen) atoms. The van der Waals surface area contributed by atoms with Crippen LogP contribution in [0.3, 0.4) is 0 Å². The molecule has 4 nitrogen and oxygen atoms in total. The van der Waals surface area contributed by atoms with E-state index in [1.165, 1.54) is 31.5 Å². The van der Waals surface area contributed by atoms with Gasteiger partial charge in [-0.25, -0.2) is 0 Å². The topological polar surface area (TPSA) is 38.1 Å². The molecule has 0 aliphatic carbocycles. The van der Waals surface area contributed by atoms with E-state index < -0.39 is 0 Å². The predicted octanol–water partition coefficient (Wildman–Crippen LogP) is 3.48. The Balaban J connectivity index is 1.67. The summed E-state index contributed by atoms with van der Waals surface area (Å²) in [6.45, 7) is 10.8. The third-order valence-corrected chi connectivity index (χ3v) is 4.80. The number of carbonyl (C=O) groups is 1. The van der Waals surface area contributed by atoms with Crippen LogP contribution in [-0.4, -0.2) is 40.1 Å². The summed E-state index contributed by atoms with van der Waals surface area (Å²) in [5.74, 6) is 1.70. The van der Waals surface area contributed by atoms with Gasteiger partial charge in [0.15, 0.2) is 0 Å². The molecule has 2 rings (SSSR count). The lowest BCUT2D eigenvalue weighted by Gasteiger charge is -2.31. The minimum absolute atomic E-state index is 0.398. The Morgan fingerprint density at radius 1 is 1.36 bits per heavy atom. The number of hydrogen-bond donors (Lipinski definition) is 0. The van der Waals surface area contributed by atoms with E-state index in [9.17, 15) is 4.79 Å². The van der Waals surface area contributed by atoms with Crippen LogP contribution in [0.15, 0.2) is 12.4 Å². The van der Waals surface area contributed by atoms with Crippen molar-refractivity contribution in [2.24, 2.45) is 5.92 Å². The van der Waals surface area contributed by atoms with Gasteiger partial charge in [0.05, 0.1) is 6.20 Å². The summed E-state index contributed by atoms with van der Waals surface area (Å²) in [4.78, 5) is 13.8. The fourth-order valence-corrected chi connectivity index (χ4v) is 3.11. The summed E-state index contributed by atoms with van der Waals surface area (Å²) in [7, 11) is 0. The molecule has 0 radical (unpaired) electrons. The molecule has 0 unspecified atom stereocenters. The lowest BCUT2D eigenvalue weighted by atomic mass is 9.96. The minimum atomic E-state index is 0.398. The zero-order valence-electron chi connectivity index (χ0n) is 14.4. The van der Waals surface area contributed by atoms with Crippen LogP contribution in [0.25, 0.3) is 0 Å². The van der Waals surface area contributed by atoms with Gasteiger partial charge in [-0.15, -0.1) is 0 Å². The van der Waals surface area contributed by atoms with E-state index in [-0.39, 0.29) is 0 Å². The molecule has 0 atom stereocenters. The third kappa shape index (κ3) is 5.24. The van der Waals surface area contributed by atoms with Gasteiger partial charge >= 0.3 is 0 Å². The van der Waals surface area contributed by atoms with Crippen molar-refractivity contribution in [1.82, 2.24) is 14.7 Å². The monoisotopic (exact) mass is 305 g/mol. The second-order valence-corrected chi connectivity index (χ2v) is 6.93. The molecular formula is C18H31N3O. The highest BCUT2D eigenvalue weighted by Gasteiger charge is 2.19. The molecule has 0 bridgehead atoms. The van der Waals surface area contributed by atoms with Crippen LogP contribution >= 0.6 is 0 Å². The van der Waals surface area contributed by atoms with E-state index in [1.54, 1.807) is 0 Å². The molecule has 1 aliphatic heterocycles. The molecular weight excluding hydrogens is 274 g/mol. The number of likely N-dealkylation sites (tertiary alicyclic amines) is 1. The Morgan fingerprint density at radius 3 is 2.68 bits per heavy atom. The number of ketones is 1. The first-order valence-corrected chi connectivity index (χ1v) is 8.85. The number of rotatable bonds is 8. The molecule has 0 spiro atoms. The fourth-order valence-electron chi connectivity index (χ4n) is 3.11. The number of nitrogens with zero attached hydrogens (tertiary/aromatic N) is 3. The van der Waals surface area contributed by atoms with Crippen LogP contribution in [0.4, 0.5) is 0 Å². The maximum Gasteiger partial charge on any atom is 0.132 e. The van der Waals surface area contributed by atoms with Gasteiger partial charge in [0.25, 0.3) is 0 Å². The lowest BCUT2D eigenvalue weighted by Crippen LogP contribution is -2.35. The molecule has 124 valence electrons. The van der Waals surface area contributed by atoms with Gasteiger partial charge in [0.2, 0.25) is 0 Å². The normalized spacial score (nSPS) is 17.3. The first-order chi connectivity index (χ1) is 10.6. The Morgan fingerprint density at radius 2 is 2.09 bits per heavy atom. The quantitative estimate of drug-likeness (QED) is 0.738. The minimum Gasteiger partial charge on any atom is -0.303 e. The van der Waals surface area contributed by atoms with Crippen LogP contribution in [-0.2, 0) is 11.3 Å². The molecule has 1 saturated heterocycles. The zero-order valence-corrected chi connectivity index (χ0v) is 14.4. The fraction of sp³-hybridized carbons (Fsp3) is 0.778. The van der Waals surface area contributed by atoms with E-state index in [2.05, 4.69) is 34.7 Å². The van der Waals surface area contributed by atoms with Crippen molar-refractivity contribution < 1.29 is 4.79 Å². The highest BCUT2D eigenvalue weighted by atomic mass is 16.1. The highest BCUT2D eigenvalue weighted by molar-refractivity contribution is 5.77. The maximum atomic E-state index is 11.3. The molecule has 4 heteroatoms. The van der Waals surface area contributed by atoms with Gasteiger partial charge in [-0.3, -0.25) is 9.48 Å². The van der Waals surface area contributed by atoms with Crippen LogP contribution < -0.4 is 0 Å². The predicted molar refractivity (Wildman–Crippen MR) is 90.0 cm³/mol. The number of carbonyl (C=O) groups excluding carboxylic acids is 1. The molecule has 1 fully saturated rings. The van der Waals surface area contributed by atoms with E-state index in [0.29, 0.717) is 18.1 Å². The van der Waals surface area contributed by atoms with Gasteiger partial charge in [0, 0.05) is 25.6 Å². The van der Waals surface area contributed by atoms with Crippen molar-refractivity contribution in [1.29, 1.82) is 0 Å². The van der Waals surface area contributed by atoms with Gasteiger partial charge in [-0.05, 0) is 56.3 Å². The Hall–Kier alpha value is -1.16. The van der Waals surface area contributed by atoms with Crippen molar-refractivity contribution in [3.05, 3.63) is 18.0 Å². The van der Waals surface area contributed by atoms with Gasteiger partial charge in [-0.1, -0.05) is 20.8 Å². The van der Waals surface area contributed by atoms with E-state index in [4.69, 9.17) is 0 Å². The summed E-state index contributed by atoms with van der Waals surface area (Å²) < 4.78 is 2.12. The Kier molecular flexibility index (Phi) is 6.62. The second-order valence-electron chi connectivity index (χ2n) is 6.93. The molecule has 0 amide bonds. The molecule has 2 heterocycles. The molecule has 1 aromatic rings. The zero-order chi connectivity index (χ0) is 15.9. The third-order valence-electron chi connectivity index (χ3n) is 4.80. The van der Waals surface area contributed by atoms with Crippen molar-refractivity contribution in [3.8, 4) is 0 Å². The van der Waals surface area contributed by atoms with E-state index in [1.807, 2.05) is 13.1 Å². The average Bonchev–Trinajstić information content (AvgIpc) is 2.97. The van der Waals surface area contributed by atoms with Gasteiger partial charge in [-0.2, -0.15) is 5.10 Å². The first-order valence-electron chi connectivity index (χ1n) is 8.85. The van der Waals surface area contributed by atoms with Crippen molar-refractivity contribution in [2.45, 2.75) is 65.3 Å². The molecule has 1 aromatic heterocycles. The smallest absolute Gasteiger partial charge is 0.132 e. The van der Waals surface area contributed by atoms with E-state index >= 15 is 0 Å². The van der Waals surface area contributed by atoms with Crippen molar-refractivity contribution in [2.75, 3.05) is 19.6 Å². The Bertz CT molecular complexity index is 459. The van der Waals surface area contributed by atoms with Crippen LogP contribution in [0, 0.1) is 5.92 Å². The number of hydrogen-bond acceptors (Lipinski definition) is 3. The molecule has 0 aromatic carbocycles. The van der Waals surface area contributed by atoms with Crippen LogP contribution in [0.1, 0.15) is 64.4 Å². The molecule has 0 N–H and O–H groups in total. The SMILES string of the molecule is CCC(=O)CCCN1CCC(Cn2cc(C(C)C)cn2)CC1. The van der Waals surface area contributed by atoms with E-state index in [0.717, 1.165) is 31.8 Å². The lowest BCUT2D eigenvalue weighted by molar-refractivity contribution is -0.118. The number of piperidine rings is 1. The molecule has 1 aliphatic rings. The second kappa shape index (κ2) is 8.47. The van der Waals surface area contributed by atoms with Crippen LogP contribution in [0.2, 0.25) is 0 Å². The summed E-state index contributed by atoms with van der Waals surface area (Å²) in [5.41, 5.74) is 1.33. The van der Waals surface area contributed by atoms with Gasteiger partial charge < -0.3 is 4.90 Å². The number of Topliss-reactive ketones (excluding diaryl/α,β-unsaturated/α-hetero) is 1. The summed E-state index contributed by atoms with van der Waals surface area (Å²) >= 11 is 0.